The molecule has 4 heteroatoms. The fourth-order valence-corrected chi connectivity index (χ4v) is 3.17. The summed E-state index contributed by atoms with van der Waals surface area (Å²) in [6.07, 6.45) is 1.15. The molecule has 21 heavy (non-hydrogen) atoms. The first kappa shape index (κ1) is 14.4. The molecule has 2 aromatic rings. The first-order valence-corrected chi connectivity index (χ1v) is 8.08. The highest BCUT2D eigenvalue weighted by Crippen LogP contribution is 2.26. The molecule has 0 radical (unpaired) electrons. The highest BCUT2D eigenvalue weighted by Gasteiger charge is 2.22. The van der Waals surface area contributed by atoms with E-state index in [0.717, 1.165) is 41.9 Å². The zero-order valence-corrected chi connectivity index (χ0v) is 13.5. The number of likely N-dealkylation sites (tertiary alicyclic amines) is 1. The number of hydrogen-bond acceptors (Lipinski definition) is 3. The Morgan fingerprint density at radius 1 is 1.19 bits per heavy atom. The maximum absolute atomic E-state index is 6.03. The van der Waals surface area contributed by atoms with Gasteiger partial charge in [0, 0.05) is 30.1 Å². The lowest BCUT2D eigenvalue weighted by Gasteiger charge is -2.18. The van der Waals surface area contributed by atoms with Gasteiger partial charge in [-0.1, -0.05) is 46.3 Å². The topological polar surface area (TPSA) is 41.3 Å². The second-order valence-corrected chi connectivity index (χ2v) is 6.50. The third-order valence-electron chi connectivity index (χ3n) is 3.90. The number of anilines is 2. The maximum Gasteiger partial charge on any atom is 0.0587 e. The Kier molecular flexibility index (Phi) is 4.46. The van der Waals surface area contributed by atoms with E-state index in [1.165, 1.54) is 5.56 Å². The van der Waals surface area contributed by atoms with Gasteiger partial charge in [0.1, 0.15) is 0 Å². The summed E-state index contributed by atoms with van der Waals surface area (Å²) in [5, 5.41) is 3.57. The number of nitrogens with zero attached hydrogens (tertiary/aromatic N) is 1. The van der Waals surface area contributed by atoms with E-state index in [0.29, 0.717) is 6.04 Å². The summed E-state index contributed by atoms with van der Waals surface area (Å²) in [5.41, 5.74) is 9.23. The van der Waals surface area contributed by atoms with Crippen LogP contribution in [0.15, 0.2) is 53.0 Å². The molecule has 0 aromatic heterocycles. The third-order valence-corrected chi connectivity index (χ3v) is 4.39. The van der Waals surface area contributed by atoms with Crippen LogP contribution in [0.2, 0.25) is 0 Å². The standard InChI is InChI=1S/C17H20BrN3/c18-14-6-7-16(19)17(10-14)20-15-8-9-21(12-15)11-13-4-2-1-3-5-13/h1-7,10,15,20H,8-9,11-12,19H2. The molecule has 1 heterocycles. The molecule has 0 saturated carbocycles. The van der Waals surface area contributed by atoms with Crippen LogP contribution in [0.5, 0.6) is 0 Å². The van der Waals surface area contributed by atoms with Crippen molar-refractivity contribution in [1.82, 2.24) is 4.90 Å². The quantitative estimate of drug-likeness (QED) is 0.829. The SMILES string of the molecule is Nc1ccc(Br)cc1NC1CCN(Cc2ccccc2)C1. The average molecular weight is 346 g/mol. The molecule has 1 aliphatic heterocycles. The van der Waals surface area contributed by atoms with Gasteiger partial charge in [-0.15, -0.1) is 0 Å². The Hall–Kier alpha value is -1.52. The number of nitrogen functional groups attached to an aromatic ring is 1. The largest absolute Gasteiger partial charge is 0.397 e. The second kappa shape index (κ2) is 6.50. The number of hydrogen-bond donors (Lipinski definition) is 2. The number of rotatable bonds is 4. The molecule has 2 aromatic carbocycles. The van der Waals surface area contributed by atoms with Gasteiger partial charge in [-0.25, -0.2) is 0 Å². The molecule has 1 saturated heterocycles. The lowest BCUT2D eigenvalue weighted by atomic mass is 10.2. The smallest absolute Gasteiger partial charge is 0.0587 e. The molecular formula is C17H20BrN3. The van der Waals surface area contributed by atoms with Crippen molar-refractivity contribution in [2.24, 2.45) is 0 Å². The number of nitrogens with one attached hydrogen (secondary N) is 1. The summed E-state index contributed by atoms with van der Waals surface area (Å²) < 4.78 is 1.05. The zero-order valence-electron chi connectivity index (χ0n) is 11.9. The van der Waals surface area contributed by atoms with Crippen molar-refractivity contribution < 1.29 is 0 Å². The molecule has 3 nitrogen and oxygen atoms in total. The second-order valence-electron chi connectivity index (χ2n) is 5.58. The zero-order chi connectivity index (χ0) is 14.7. The number of halogens is 1. The summed E-state index contributed by atoms with van der Waals surface area (Å²) >= 11 is 3.50. The minimum atomic E-state index is 0.463. The van der Waals surface area contributed by atoms with E-state index in [1.807, 2.05) is 12.1 Å². The van der Waals surface area contributed by atoms with Crippen LogP contribution in [0.25, 0.3) is 0 Å². The van der Waals surface area contributed by atoms with Gasteiger partial charge < -0.3 is 11.1 Å². The Morgan fingerprint density at radius 3 is 2.81 bits per heavy atom. The summed E-state index contributed by atoms with van der Waals surface area (Å²) in [4.78, 5) is 2.49. The molecule has 110 valence electrons. The normalized spacial score (nSPS) is 18.8. The van der Waals surface area contributed by atoms with Crippen molar-refractivity contribution in [2.45, 2.75) is 19.0 Å². The molecule has 3 rings (SSSR count). The monoisotopic (exact) mass is 345 g/mol. The van der Waals surface area contributed by atoms with E-state index < -0.39 is 0 Å². The van der Waals surface area contributed by atoms with Gasteiger partial charge in [0.2, 0.25) is 0 Å². The Labute approximate surface area is 134 Å². The fraction of sp³-hybridized carbons (Fsp3) is 0.294. The Bertz CT molecular complexity index is 600. The van der Waals surface area contributed by atoms with E-state index in [-0.39, 0.29) is 0 Å². The maximum atomic E-state index is 6.03. The van der Waals surface area contributed by atoms with Crippen LogP contribution in [-0.2, 0) is 6.54 Å². The summed E-state index contributed by atoms with van der Waals surface area (Å²) in [5.74, 6) is 0. The molecule has 0 aliphatic carbocycles. The number of benzene rings is 2. The van der Waals surface area contributed by atoms with Crippen LogP contribution < -0.4 is 11.1 Å². The molecule has 0 spiro atoms. The molecule has 3 N–H and O–H groups in total. The van der Waals surface area contributed by atoms with E-state index in [2.05, 4.69) is 62.5 Å². The average Bonchev–Trinajstić information content (AvgIpc) is 2.91. The van der Waals surface area contributed by atoms with Gasteiger partial charge in [-0.3, -0.25) is 4.90 Å². The van der Waals surface area contributed by atoms with Crippen molar-refractivity contribution in [3.05, 3.63) is 58.6 Å². The Balaban J connectivity index is 1.58. The van der Waals surface area contributed by atoms with Crippen LogP contribution in [0.3, 0.4) is 0 Å². The summed E-state index contributed by atoms with van der Waals surface area (Å²) in [6, 6.07) is 17.1. The first-order chi connectivity index (χ1) is 10.2. The van der Waals surface area contributed by atoms with Gasteiger partial charge in [0.25, 0.3) is 0 Å². The fourth-order valence-electron chi connectivity index (χ4n) is 2.81. The molecule has 0 bridgehead atoms. The lowest BCUT2D eigenvalue weighted by Crippen LogP contribution is -2.26. The van der Waals surface area contributed by atoms with Crippen molar-refractivity contribution in [3.63, 3.8) is 0 Å². The predicted molar refractivity (Wildman–Crippen MR) is 92.3 cm³/mol. The van der Waals surface area contributed by atoms with Gasteiger partial charge in [-0.05, 0) is 30.2 Å². The van der Waals surface area contributed by atoms with Crippen LogP contribution in [0, 0.1) is 0 Å². The molecular weight excluding hydrogens is 326 g/mol. The van der Waals surface area contributed by atoms with Crippen LogP contribution >= 0.6 is 15.9 Å². The van der Waals surface area contributed by atoms with E-state index in [4.69, 9.17) is 5.73 Å². The molecule has 1 atom stereocenters. The van der Waals surface area contributed by atoms with E-state index in [9.17, 15) is 0 Å². The molecule has 0 amide bonds. The minimum Gasteiger partial charge on any atom is -0.397 e. The molecule has 1 fully saturated rings. The van der Waals surface area contributed by atoms with Crippen LogP contribution in [0.1, 0.15) is 12.0 Å². The van der Waals surface area contributed by atoms with Crippen LogP contribution in [0.4, 0.5) is 11.4 Å². The van der Waals surface area contributed by atoms with Crippen molar-refractivity contribution in [3.8, 4) is 0 Å². The Morgan fingerprint density at radius 2 is 2.00 bits per heavy atom. The molecule has 1 unspecified atom stereocenters. The number of nitrogens with two attached hydrogens (primary N) is 1. The van der Waals surface area contributed by atoms with Crippen molar-refractivity contribution in [1.29, 1.82) is 0 Å². The van der Waals surface area contributed by atoms with Crippen LogP contribution in [-0.4, -0.2) is 24.0 Å². The third kappa shape index (κ3) is 3.77. The van der Waals surface area contributed by atoms with Gasteiger partial charge in [0.15, 0.2) is 0 Å². The van der Waals surface area contributed by atoms with Crippen molar-refractivity contribution in [2.75, 3.05) is 24.1 Å². The summed E-state index contributed by atoms with van der Waals surface area (Å²) in [7, 11) is 0. The first-order valence-electron chi connectivity index (χ1n) is 7.28. The minimum absolute atomic E-state index is 0.463. The van der Waals surface area contributed by atoms with E-state index >= 15 is 0 Å². The van der Waals surface area contributed by atoms with Gasteiger partial charge in [0.05, 0.1) is 11.4 Å². The van der Waals surface area contributed by atoms with E-state index in [1.54, 1.807) is 0 Å². The van der Waals surface area contributed by atoms with Gasteiger partial charge >= 0.3 is 0 Å². The highest BCUT2D eigenvalue weighted by molar-refractivity contribution is 9.10. The molecule has 1 aliphatic rings. The lowest BCUT2D eigenvalue weighted by molar-refractivity contribution is 0.328. The predicted octanol–water partition coefficient (Wildman–Crippen LogP) is 3.72. The summed E-state index contributed by atoms with van der Waals surface area (Å²) in [6.45, 7) is 3.20. The van der Waals surface area contributed by atoms with Gasteiger partial charge in [-0.2, -0.15) is 0 Å². The van der Waals surface area contributed by atoms with Crippen molar-refractivity contribution >= 4 is 27.3 Å². The highest BCUT2D eigenvalue weighted by atomic mass is 79.9.